The van der Waals surface area contributed by atoms with Crippen molar-refractivity contribution in [3.05, 3.63) is 159 Å². The van der Waals surface area contributed by atoms with Gasteiger partial charge in [0.1, 0.15) is 36.4 Å². The van der Waals surface area contributed by atoms with Crippen molar-refractivity contribution in [2.24, 2.45) is 31.3 Å². The average molecular weight is 1470 g/mol. The zero-order chi connectivity index (χ0) is 76.2. The van der Waals surface area contributed by atoms with E-state index in [4.69, 9.17) is 26.7 Å². The minimum atomic E-state index is -1.62. The van der Waals surface area contributed by atoms with Gasteiger partial charge in [0, 0.05) is 63.4 Å². The predicted octanol–water partition coefficient (Wildman–Crippen LogP) is 7.12. The van der Waals surface area contributed by atoms with Crippen LogP contribution >= 0.6 is 21.6 Å². The Morgan fingerprint density at radius 2 is 0.990 bits per heavy atom. The molecule has 0 radical (unpaired) electrons. The molecule has 7 atom stereocenters. The Hall–Kier alpha value is -9.34. The van der Waals surface area contributed by atoms with E-state index in [9.17, 15) is 89.1 Å². The van der Waals surface area contributed by atoms with E-state index in [0.717, 1.165) is 92.0 Å². The number of allylic oxidation sites excluding steroid dienone is 10. The van der Waals surface area contributed by atoms with Crippen LogP contribution in [0.4, 0.5) is 0 Å². The van der Waals surface area contributed by atoms with Gasteiger partial charge >= 0.3 is 41.5 Å². The first kappa shape index (κ1) is 86.1. The number of phenols is 6. The first-order chi connectivity index (χ1) is 49.0. The molecule has 562 valence electrons. The number of hydrogen-bond donors (Lipinski definition) is 13. The van der Waals surface area contributed by atoms with Crippen LogP contribution in [0.2, 0.25) is 0 Å². The second-order valence-electron chi connectivity index (χ2n) is 24.2. The van der Waals surface area contributed by atoms with Crippen LogP contribution in [-0.2, 0) is 68.4 Å². The van der Waals surface area contributed by atoms with Gasteiger partial charge < -0.3 is 87.3 Å². The van der Waals surface area contributed by atoms with Gasteiger partial charge in [-0.25, -0.2) is 24.2 Å². The molecule has 5 aromatic rings. The molecule has 2 aromatic heterocycles. The summed E-state index contributed by atoms with van der Waals surface area (Å²) in [6, 6.07) is 5.90. The summed E-state index contributed by atoms with van der Waals surface area (Å²) in [6.07, 6.45) is 28.7. The van der Waals surface area contributed by atoms with Crippen molar-refractivity contribution in [2.45, 2.75) is 177 Å². The Kier molecular flexibility index (Phi) is 37.5. The normalized spacial score (nSPS) is 15.5. The van der Waals surface area contributed by atoms with Crippen LogP contribution in [0.1, 0.15) is 164 Å². The fourth-order valence-corrected chi connectivity index (χ4v) is 13.0. The Morgan fingerprint density at radius 3 is 1.42 bits per heavy atom. The fourth-order valence-electron chi connectivity index (χ4n) is 9.72. The van der Waals surface area contributed by atoms with E-state index in [-0.39, 0.29) is 84.0 Å². The third-order valence-corrected chi connectivity index (χ3v) is 19.2. The molecule has 6 rings (SSSR count). The number of aromatic hydroxyl groups is 6. The molecule has 103 heavy (non-hydrogen) atoms. The van der Waals surface area contributed by atoms with Crippen molar-refractivity contribution in [3.63, 3.8) is 0 Å². The molecular weight excluding hydrogens is 1380 g/mol. The number of amides is 1. The van der Waals surface area contributed by atoms with Gasteiger partial charge in [-0.05, 0) is 143 Å². The Bertz CT molecular complexity index is 3910. The predicted molar refractivity (Wildman–Crippen MR) is 388 cm³/mol. The molecule has 3 aromatic carbocycles. The number of fused-ring (bicyclic) bond motifs is 1. The van der Waals surface area contributed by atoms with Gasteiger partial charge in [0.2, 0.25) is 5.91 Å². The molecule has 0 bridgehead atoms. The summed E-state index contributed by atoms with van der Waals surface area (Å²) in [5, 5.41) is 89.5. The van der Waals surface area contributed by atoms with Crippen molar-refractivity contribution in [2.75, 3.05) is 12.3 Å². The van der Waals surface area contributed by atoms with E-state index in [1.807, 2.05) is 33.7 Å². The van der Waals surface area contributed by atoms with Gasteiger partial charge in [0.05, 0.1) is 6.33 Å². The van der Waals surface area contributed by atoms with Crippen molar-refractivity contribution >= 4 is 74.5 Å². The van der Waals surface area contributed by atoms with Crippen LogP contribution in [0.5, 0.6) is 34.5 Å². The standard InChI is InChI=1S/C29H39NO6.C25H32N6O9.C18H25NO6S2/c1-2-3-4-5-6-7-8-9-10-11-12-13-14-15-16-17-18-19-26(33)36-29(35)27(30)28(34)23-20-21-24(31)25(32)22-23;1-29-13-28-22-20(29)23(37)31(25(39)30(22)2)11-4-3-6-17(34)27-10-5-7-18(35)40-24(38)19(26)21(36)14-8-9-15(32)16(33)12-14;1-18(8-9-26-27-18)7-3-2-4-14(22)25-17(24)15(19)16(23)11-5-6-12(20)13(21)10-11/h3-4,6-7,9-10,12-13,15-16,20-22,27-28,31-32,34H,2,5,8,11,14,17-19,30H2,1H3;8-9,12-13,19,21,32-33,36H,3-7,10-11,26H2,1-2H3,(H,27,34);5-6,10,15-16,20-21,23H,2-4,7-9,19H2,1H3/b4-3-,7-6-,10-9-,13-12-,16-15-;;/t27-,28+;19-,21+;15-,16+,18+/m000/s1. The van der Waals surface area contributed by atoms with Gasteiger partial charge in [-0.1, -0.05) is 114 Å². The molecule has 31 heteroatoms. The van der Waals surface area contributed by atoms with E-state index in [2.05, 4.69) is 77.5 Å². The summed E-state index contributed by atoms with van der Waals surface area (Å²) >= 11 is 0. The van der Waals surface area contributed by atoms with E-state index >= 15 is 0 Å². The number of benzene rings is 3. The number of carbonyl (C=O) groups is 7. The number of carbonyl (C=O) groups excluding carboxylic acids is 7. The SMILES string of the molecule is CC/C=C\C/C=C\C/C=C\C/C=C\C/C=C\CCCC(=O)OC(=O)[C@@H](N)[C@H](O)c1ccc(O)c(O)c1.C[C@@]1(CCCCC(=O)OC(=O)[C@@H](N)[C@H](O)c2ccc(O)c(O)c2)CCSS1.Cn1cnc2c1c(=O)n(CCCCC(=O)NCCCC(=O)OC(=O)[C@@H](N)[C@H](O)c1ccc(O)c(O)c1)c(=O)n2C. The number of nitrogens with zero attached hydrogens (tertiary/aromatic N) is 4. The number of unbranched alkanes of at least 4 members (excludes halogenated alkanes) is 3. The van der Waals surface area contributed by atoms with Crippen molar-refractivity contribution in [3.8, 4) is 34.5 Å². The Morgan fingerprint density at radius 1 is 0.573 bits per heavy atom. The highest BCUT2D eigenvalue weighted by molar-refractivity contribution is 8.77. The lowest BCUT2D eigenvalue weighted by molar-refractivity contribution is -0.164. The third kappa shape index (κ3) is 29.5. The van der Waals surface area contributed by atoms with E-state index in [1.165, 1.54) is 42.2 Å². The molecule has 0 unspecified atom stereocenters. The van der Waals surface area contributed by atoms with Gasteiger partial charge in [0.25, 0.3) is 5.56 Å². The number of aryl methyl sites for hydroxylation is 2. The highest BCUT2D eigenvalue weighted by Crippen LogP contribution is 2.49. The lowest BCUT2D eigenvalue weighted by Gasteiger charge is -2.20. The summed E-state index contributed by atoms with van der Waals surface area (Å²) in [4.78, 5) is 113. The average Bonchev–Trinajstić information content (AvgIpc) is 1.66. The van der Waals surface area contributed by atoms with Crippen LogP contribution in [0, 0.1) is 0 Å². The summed E-state index contributed by atoms with van der Waals surface area (Å²) in [5.74, 6) is -7.26. The smallest absolute Gasteiger partial charge is 0.333 e. The second-order valence-corrected chi connectivity index (χ2v) is 27.2. The van der Waals surface area contributed by atoms with Gasteiger partial charge in [-0.15, -0.1) is 0 Å². The number of hydrogen-bond acceptors (Lipinski definition) is 27. The van der Waals surface area contributed by atoms with E-state index < -0.39 is 107 Å². The molecular formula is C72H96N8O21S2. The molecule has 3 heterocycles. The molecule has 1 saturated heterocycles. The number of aromatic nitrogens is 4. The highest BCUT2D eigenvalue weighted by atomic mass is 33.1. The molecule has 0 saturated carbocycles. The van der Waals surface area contributed by atoms with E-state index in [1.54, 1.807) is 11.6 Å². The number of esters is 6. The molecule has 0 spiro atoms. The molecule has 1 aliphatic rings. The Labute approximate surface area is 603 Å². The van der Waals surface area contributed by atoms with Crippen molar-refractivity contribution in [1.29, 1.82) is 0 Å². The Balaban J connectivity index is 0.000000333. The number of imidazole rings is 1. The minimum absolute atomic E-state index is 0.0407. The molecule has 29 nitrogen and oxygen atoms in total. The number of aliphatic hydroxyl groups is 3. The van der Waals surface area contributed by atoms with Gasteiger partial charge in [0.15, 0.2) is 45.7 Å². The first-order valence-electron chi connectivity index (χ1n) is 33.5. The number of nitrogens with one attached hydrogen (secondary N) is 1. The van der Waals surface area contributed by atoms with Crippen LogP contribution in [0.25, 0.3) is 11.2 Å². The van der Waals surface area contributed by atoms with Crippen LogP contribution in [0.15, 0.2) is 131 Å². The maximum absolute atomic E-state index is 12.7. The fraction of sp³-hybridized carbons (Fsp3) is 0.444. The lowest BCUT2D eigenvalue weighted by Crippen LogP contribution is -2.39. The maximum atomic E-state index is 12.7. The molecule has 0 aliphatic carbocycles. The summed E-state index contributed by atoms with van der Waals surface area (Å²) in [7, 11) is 6.96. The topological polar surface area (TPSA) is 481 Å². The monoisotopic (exact) mass is 1470 g/mol. The maximum Gasteiger partial charge on any atom is 0.333 e. The van der Waals surface area contributed by atoms with Crippen molar-refractivity contribution in [1.82, 2.24) is 24.0 Å². The van der Waals surface area contributed by atoms with Crippen LogP contribution < -0.4 is 33.8 Å². The highest BCUT2D eigenvalue weighted by Gasteiger charge is 2.32. The lowest BCUT2D eigenvalue weighted by atomic mass is 9.99. The number of ether oxygens (including phenoxy) is 3. The van der Waals surface area contributed by atoms with Crippen LogP contribution in [-0.4, -0.2) is 142 Å². The summed E-state index contributed by atoms with van der Waals surface area (Å²) in [6.45, 7) is 4.63. The van der Waals surface area contributed by atoms with Gasteiger partial charge in [-0.3, -0.25) is 33.1 Å². The molecule has 1 aliphatic heterocycles. The molecule has 1 fully saturated rings. The number of nitrogens with two attached hydrogens (primary N) is 3. The number of rotatable bonds is 36. The quantitative estimate of drug-likeness (QED) is 0.00361. The van der Waals surface area contributed by atoms with Gasteiger partial charge in [-0.2, -0.15) is 0 Å². The summed E-state index contributed by atoms with van der Waals surface area (Å²) in [5.41, 5.74) is 17.0. The number of phenolic OH excluding ortho intramolecular Hbond substituents is 6. The zero-order valence-corrected chi connectivity index (χ0v) is 59.8. The molecule has 1 amide bonds. The van der Waals surface area contributed by atoms with E-state index in [0.29, 0.717) is 43.3 Å². The zero-order valence-electron chi connectivity index (χ0n) is 58.1. The number of aliphatic hydroxyl groups excluding tert-OH is 3. The largest absolute Gasteiger partial charge is 0.504 e. The third-order valence-electron chi connectivity index (χ3n) is 15.8. The molecule has 16 N–H and O–H groups in total. The summed E-state index contributed by atoms with van der Waals surface area (Å²) < 4.78 is 18.3. The second kappa shape index (κ2) is 44.9. The van der Waals surface area contributed by atoms with Crippen LogP contribution in [0.3, 0.4) is 0 Å². The first-order valence-corrected chi connectivity index (χ1v) is 35.9. The van der Waals surface area contributed by atoms with Crippen molar-refractivity contribution < 1.29 is 93.7 Å². The minimum Gasteiger partial charge on any atom is -0.504 e.